The van der Waals surface area contributed by atoms with Gasteiger partial charge in [-0.15, -0.1) is 0 Å². The molecule has 2 aliphatic carbocycles. The van der Waals surface area contributed by atoms with Gasteiger partial charge in [0.25, 0.3) is 0 Å². The first-order valence-corrected chi connectivity index (χ1v) is 6.19. The Bertz CT molecular complexity index is 387. The van der Waals surface area contributed by atoms with E-state index in [1.165, 1.54) is 30.5 Å². The molecular weight excluding hydrogens is 200 g/mol. The summed E-state index contributed by atoms with van der Waals surface area (Å²) in [4.78, 5) is 11.3. The second-order valence-electron chi connectivity index (χ2n) is 4.69. The molecule has 1 aromatic heterocycles. The molecule has 0 unspecified atom stereocenters. The van der Waals surface area contributed by atoms with Gasteiger partial charge in [0.2, 0.25) is 0 Å². The predicted octanol–water partition coefficient (Wildman–Crippen LogP) is 0.893. The maximum Gasteiger partial charge on any atom is 0.135 e. The number of fused-ring (bicyclic) bond motifs is 1. The Hall–Kier alpha value is -1.16. The van der Waals surface area contributed by atoms with Gasteiger partial charge in [-0.25, -0.2) is 9.97 Å². The van der Waals surface area contributed by atoms with Crippen LogP contribution >= 0.6 is 0 Å². The van der Waals surface area contributed by atoms with Gasteiger partial charge in [-0.1, -0.05) is 0 Å². The SMILES string of the molecule is NCCN(c1ncnc2c1CCC2)C1CC1. The number of nitrogens with zero attached hydrogens (tertiary/aromatic N) is 3. The molecule has 4 nitrogen and oxygen atoms in total. The lowest BCUT2D eigenvalue weighted by molar-refractivity contribution is 0.761. The first-order chi connectivity index (χ1) is 7.90. The largest absolute Gasteiger partial charge is 0.352 e. The smallest absolute Gasteiger partial charge is 0.135 e. The Labute approximate surface area is 95.9 Å². The average Bonchev–Trinajstić information content (AvgIpc) is 3.02. The Balaban J connectivity index is 1.94. The van der Waals surface area contributed by atoms with Crippen molar-refractivity contribution in [2.45, 2.75) is 38.1 Å². The molecule has 16 heavy (non-hydrogen) atoms. The number of hydrogen-bond acceptors (Lipinski definition) is 4. The lowest BCUT2D eigenvalue weighted by atomic mass is 10.2. The van der Waals surface area contributed by atoms with Crippen LogP contribution in [0.2, 0.25) is 0 Å². The van der Waals surface area contributed by atoms with E-state index in [4.69, 9.17) is 5.73 Å². The van der Waals surface area contributed by atoms with E-state index in [-0.39, 0.29) is 0 Å². The van der Waals surface area contributed by atoms with Gasteiger partial charge in [-0.2, -0.15) is 0 Å². The van der Waals surface area contributed by atoms with E-state index >= 15 is 0 Å². The zero-order valence-corrected chi connectivity index (χ0v) is 9.52. The molecule has 0 aliphatic heterocycles. The molecule has 3 rings (SSSR count). The highest BCUT2D eigenvalue weighted by Crippen LogP contribution is 2.35. The minimum Gasteiger partial charge on any atom is -0.352 e. The third kappa shape index (κ3) is 1.67. The van der Waals surface area contributed by atoms with Crippen LogP contribution in [0.15, 0.2) is 6.33 Å². The molecule has 4 heteroatoms. The van der Waals surface area contributed by atoms with E-state index in [0.717, 1.165) is 25.2 Å². The fourth-order valence-electron chi connectivity index (χ4n) is 2.58. The molecule has 0 radical (unpaired) electrons. The lowest BCUT2D eigenvalue weighted by Gasteiger charge is -2.24. The molecule has 0 spiro atoms. The summed E-state index contributed by atoms with van der Waals surface area (Å²) < 4.78 is 0. The number of aryl methyl sites for hydroxylation is 1. The van der Waals surface area contributed by atoms with Crippen LogP contribution in [0.1, 0.15) is 30.5 Å². The monoisotopic (exact) mass is 218 g/mol. The van der Waals surface area contributed by atoms with Crippen molar-refractivity contribution in [1.82, 2.24) is 9.97 Å². The number of aromatic nitrogens is 2. The second kappa shape index (κ2) is 4.01. The van der Waals surface area contributed by atoms with E-state index in [2.05, 4.69) is 14.9 Å². The first-order valence-electron chi connectivity index (χ1n) is 6.19. The summed E-state index contributed by atoms with van der Waals surface area (Å²) in [5.74, 6) is 1.16. The van der Waals surface area contributed by atoms with Crippen molar-refractivity contribution >= 4 is 5.82 Å². The van der Waals surface area contributed by atoms with Crippen molar-refractivity contribution < 1.29 is 0 Å². The summed E-state index contributed by atoms with van der Waals surface area (Å²) in [5.41, 5.74) is 8.33. The predicted molar refractivity (Wildman–Crippen MR) is 63.5 cm³/mol. The molecule has 1 saturated carbocycles. The van der Waals surface area contributed by atoms with Crippen LogP contribution in [0.5, 0.6) is 0 Å². The first kappa shape index (κ1) is 10.0. The van der Waals surface area contributed by atoms with E-state index < -0.39 is 0 Å². The van der Waals surface area contributed by atoms with Crippen molar-refractivity contribution in [2.75, 3.05) is 18.0 Å². The minimum atomic E-state index is 0.683. The van der Waals surface area contributed by atoms with Gasteiger partial charge in [-0.3, -0.25) is 0 Å². The lowest BCUT2D eigenvalue weighted by Crippen LogP contribution is -2.33. The molecule has 0 saturated heterocycles. The Kier molecular flexibility index (Phi) is 2.52. The van der Waals surface area contributed by atoms with E-state index in [1.807, 2.05) is 0 Å². The van der Waals surface area contributed by atoms with Crippen LogP contribution in [0.25, 0.3) is 0 Å². The zero-order valence-electron chi connectivity index (χ0n) is 9.52. The molecule has 0 amide bonds. The summed E-state index contributed by atoms with van der Waals surface area (Å²) in [6, 6.07) is 0.683. The quantitative estimate of drug-likeness (QED) is 0.815. The third-order valence-corrected chi connectivity index (χ3v) is 3.48. The fourth-order valence-corrected chi connectivity index (χ4v) is 2.58. The molecule has 0 atom stereocenters. The van der Waals surface area contributed by atoms with Crippen molar-refractivity contribution in [1.29, 1.82) is 0 Å². The van der Waals surface area contributed by atoms with Crippen LogP contribution in [-0.4, -0.2) is 29.1 Å². The van der Waals surface area contributed by atoms with Gasteiger partial charge in [0.05, 0.1) is 0 Å². The average molecular weight is 218 g/mol. The molecule has 1 aromatic rings. The maximum atomic E-state index is 5.69. The van der Waals surface area contributed by atoms with Gasteiger partial charge < -0.3 is 10.6 Å². The van der Waals surface area contributed by atoms with E-state index in [0.29, 0.717) is 12.6 Å². The highest BCUT2D eigenvalue weighted by atomic mass is 15.2. The van der Waals surface area contributed by atoms with E-state index in [1.54, 1.807) is 6.33 Å². The number of anilines is 1. The molecule has 2 aliphatic rings. The zero-order chi connectivity index (χ0) is 11.0. The van der Waals surface area contributed by atoms with Crippen LogP contribution in [0, 0.1) is 0 Å². The van der Waals surface area contributed by atoms with Gasteiger partial charge >= 0.3 is 0 Å². The second-order valence-corrected chi connectivity index (χ2v) is 4.69. The topological polar surface area (TPSA) is 55.0 Å². The highest BCUT2D eigenvalue weighted by molar-refractivity contribution is 5.52. The van der Waals surface area contributed by atoms with Gasteiger partial charge in [0.15, 0.2) is 0 Å². The summed E-state index contributed by atoms with van der Waals surface area (Å²) in [6.45, 7) is 1.63. The summed E-state index contributed by atoms with van der Waals surface area (Å²) in [5, 5.41) is 0. The van der Waals surface area contributed by atoms with Crippen molar-refractivity contribution in [2.24, 2.45) is 5.73 Å². The number of hydrogen-bond donors (Lipinski definition) is 1. The van der Waals surface area contributed by atoms with Crippen LogP contribution in [0.4, 0.5) is 5.82 Å². The van der Waals surface area contributed by atoms with Crippen molar-refractivity contribution in [3.8, 4) is 0 Å². The summed E-state index contributed by atoms with van der Waals surface area (Å²) in [6.07, 6.45) is 7.77. The molecular formula is C12H18N4. The molecule has 0 bridgehead atoms. The Morgan fingerprint density at radius 2 is 2.19 bits per heavy atom. The van der Waals surface area contributed by atoms with Gasteiger partial charge in [-0.05, 0) is 32.1 Å². The van der Waals surface area contributed by atoms with E-state index in [9.17, 15) is 0 Å². The van der Waals surface area contributed by atoms with Gasteiger partial charge in [0.1, 0.15) is 12.1 Å². The Morgan fingerprint density at radius 3 is 2.94 bits per heavy atom. The summed E-state index contributed by atoms with van der Waals surface area (Å²) >= 11 is 0. The fraction of sp³-hybridized carbons (Fsp3) is 0.667. The molecule has 1 fully saturated rings. The number of rotatable bonds is 4. The maximum absolute atomic E-state index is 5.69. The highest BCUT2D eigenvalue weighted by Gasteiger charge is 2.32. The molecule has 2 N–H and O–H groups in total. The summed E-state index contributed by atoms with van der Waals surface area (Å²) in [7, 11) is 0. The number of nitrogens with two attached hydrogens (primary N) is 1. The van der Waals surface area contributed by atoms with Crippen LogP contribution in [-0.2, 0) is 12.8 Å². The molecule has 0 aromatic carbocycles. The minimum absolute atomic E-state index is 0.683. The molecule has 1 heterocycles. The Morgan fingerprint density at radius 1 is 1.31 bits per heavy atom. The molecule has 86 valence electrons. The standard InChI is InChI=1S/C12H18N4/c13-6-7-16(9-4-5-9)12-10-2-1-3-11(10)14-8-15-12/h8-9H,1-7,13H2. The normalized spacial score (nSPS) is 18.6. The van der Waals surface area contributed by atoms with Crippen LogP contribution < -0.4 is 10.6 Å². The van der Waals surface area contributed by atoms with Crippen LogP contribution in [0.3, 0.4) is 0 Å². The van der Waals surface area contributed by atoms with Crippen molar-refractivity contribution in [3.05, 3.63) is 17.6 Å². The van der Waals surface area contributed by atoms with Gasteiger partial charge in [0, 0.05) is 30.4 Å². The van der Waals surface area contributed by atoms with Crippen molar-refractivity contribution in [3.63, 3.8) is 0 Å². The third-order valence-electron chi connectivity index (χ3n) is 3.48.